The second-order valence-corrected chi connectivity index (χ2v) is 9.40. The number of nitriles is 1. The van der Waals surface area contributed by atoms with Crippen molar-refractivity contribution in [3.63, 3.8) is 0 Å². The summed E-state index contributed by atoms with van der Waals surface area (Å²) < 4.78 is 2.03. The summed E-state index contributed by atoms with van der Waals surface area (Å²) in [5, 5.41) is 17.2. The van der Waals surface area contributed by atoms with E-state index in [2.05, 4.69) is 27.4 Å². The number of fused-ring (bicyclic) bond motifs is 2. The van der Waals surface area contributed by atoms with Gasteiger partial charge in [-0.3, -0.25) is 9.67 Å². The number of aryl methyl sites for hydroxylation is 1. The van der Waals surface area contributed by atoms with Crippen LogP contribution in [0.25, 0.3) is 11.3 Å². The Hall–Kier alpha value is -3.93. The Kier molecular flexibility index (Phi) is 4.81. The lowest BCUT2D eigenvalue weighted by atomic mass is 9.82. The third-order valence-electron chi connectivity index (χ3n) is 6.92. The topological polar surface area (TPSA) is 126 Å². The zero-order chi connectivity index (χ0) is 23.2. The van der Waals surface area contributed by atoms with Gasteiger partial charge in [0, 0.05) is 54.9 Å². The van der Waals surface area contributed by atoms with E-state index in [0.717, 1.165) is 41.9 Å². The minimum atomic E-state index is -0.499. The fourth-order valence-corrected chi connectivity index (χ4v) is 4.95. The zero-order valence-corrected chi connectivity index (χ0v) is 18.7. The number of nitrogens with zero attached hydrogens (tertiary/aromatic N) is 6. The number of rotatable bonds is 3. The van der Waals surface area contributed by atoms with E-state index in [9.17, 15) is 10.1 Å². The highest BCUT2D eigenvalue weighted by molar-refractivity contribution is 5.76. The van der Waals surface area contributed by atoms with E-state index >= 15 is 0 Å². The van der Waals surface area contributed by atoms with Crippen LogP contribution in [0.5, 0.6) is 0 Å². The van der Waals surface area contributed by atoms with Crippen LogP contribution in [0.4, 0.5) is 10.6 Å². The normalized spacial score (nSPS) is 19.5. The van der Waals surface area contributed by atoms with E-state index in [4.69, 9.17) is 10.8 Å². The van der Waals surface area contributed by atoms with Crippen molar-refractivity contribution in [2.75, 3.05) is 18.8 Å². The maximum absolute atomic E-state index is 13.1. The number of hydrogen-bond donors (Lipinski definition) is 2. The van der Waals surface area contributed by atoms with Crippen molar-refractivity contribution in [2.24, 2.45) is 0 Å². The van der Waals surface area contributed by atoms with Gasteiger partial charge < -0.3 is 16.0 Å². The third-order valence-corrected chi connectivity index (χ3v) is 6.92. The highest BCUT2D eigenvalue weighted by Gasteiger charge is 2.47. The first-order chi connectivity index (χ1) is 15.8. The Morgan fingerprint density at radius 2 is 2.00 bits per heavy atom. The van der Waals surface area contributed by atoms with Gasteiger partial charge >= 0.3 is 6.03 Å². The molecule has 1 atom stereocenters. The number of urea groups is 1. The van der Waals surface area contributed by atoms with Crippen LogP contribution in [-0.2, 0) is 17.5 Å². The Morgan fingerprint density at radius 1 is 1.24 bits per heavy atom. The van der Waals surface area contributed by atoms with Crippen LogP contribution >= 0.6 is 0 Å². The molecule has 0 radical (unpaired) electrons. The first-order valence-electron chi connectivity index (χ1n) is 11.0. The molecule has 0 bridgehead atoms. The molecule has 5 heterocycles. The molecule has 9 nitrogen and oxygen atoms in total. The maximum atomic E-state index is 13.1. The summed E-state index contributed by atoms with van der Waals surface area (Å²) >= 11 is 0. The summed E-state index contributed by atoms with van der Waals surface area (Å²) in [6.45, 7) is 6.15. The molecule has 2 amide bonds. The van der Waals surface area contributed by atoms with Crippen LogP contribution in [0.15, 0.2) is 42.9 Å². The number of hydrogen-bond acceptors (Lipinski definition) is 6. The quantitative estimate of drug-likeness (QED) is 0.642. The molecule has 3 N–H and O–H groups in total. The summed E-state index contributed by atoms with van der Waals surface area (Å²) in [6.07, 6.45) is 6.97. The van der Waals surface area contributed by atoms with Crippen LogP contribution in [0.3, 0.4) is 0 Å². The van der Waals surface area contributed by atoms with E-state index < -0.39 is 5.54 Å². The molecule has 3 aromatic rings. The molecule has 2 aliphatic rings. The van der Waals surface area contributed by atoms with Gasteiger partial charge in [0.2, 0.25) is 0 Å². The van der Waals surface area contributed by atoms with Crippen LogP contribution in [-0.4, -0.2) is 43.8 Å². The summed E-state index contributed by atoms with van der Waals surface area (Å²) in [5.74, 6) is 0.219. The molecule has 0 aromatic carbocycles. The molecule has 3 aromatic heterocycles. The standard InChI is InChI=1S/C24H26N8O/c1-23(2,18-3-7-27-8-4-18)29-22(33)31-9-5-24(15-31)6-10-32-20(24)12-19(30-32)17-11-16(13-25)21(26)28-14-17/h3-4,7-8,11-12,14H,5-6,9-10,15H2,1-2H3,(H2,26,28)(H,29,33). The molecule has 2 aliphatic heterocycles. The highest BCUT2D eigenvalue weighted by Crippen LogP contribution is 2.44. The van der Waals surface area contributed by atoms with Crippen molar-refractivity contribution < 1.29 is 4.79 Å². The lowest BCUT2D eigenvalue weighted by Gasteiger charge is -2.30. The molecular weight excluding hydrogens is 416 g/mol. The Morgan fingerprint density at radius 3 is 2.76 bits per heavy atom. The van der Waals surface area contributed by atoms with Gasteiger partial charge in [-0.15, -0.1) is 0 Å². The number of likely N-dealkylation sites (tertiary alicyclic amines) is 1. The van der Waals surface area contributed by atoms with Crippen molar-refractivity contribution >= 4 is 11.8 Å². The third kappa shape index (κ3) is 3.57. The van der Waals surface area contributed by atoms with Crippen molar-refractivity contribution in [1.82, 2.24) is 30.0 Å². The van der Waals surface area contributed by atoms with E-state index in [1.54, 1.807) is 24.7 Å². The van der Waals surface area contributed by atoms with Crippen molar-refractivity contribution in [3.8, 4) is 17.3 Å². The summed E-state index contributed by atoms with van der Waals surface area (Å²) in [4.78, 5) is 23.2. The molecule has 5 rings (SSSR count). The van der Waals surface area contributed by atoms with Crippen LogP contribution in [0.2, 0.25) is 0 Å². The van der Waals surface area contributed by atoms with E-state index in [1.165, 1.54) is 0 Å². The fourth-order valence-electron chi connectivity index (χ4n) is 4.95. The van der Waals surface area contributed by atoms with Gasteiger partial charge in [-0.25, -0.2) is 9.78 Å². The minimum absolute atomic E-state index is 0.0618. The summed E-state index contributed by atoms with van der Waals surface area (Å²) in [6, 6.07) is 9.66. The molecule has 9 heteroatoms. The van der Waals surface area contributed by atoms with Crippen LogP contribution in [0, 0.1) is 11.3 Å². The fraction of sp³-hybridized carbons (Fsp3) is 0.375. The average molecular weight is 443 g/mol. The number of aromatic nitrogens is 4. The Labute approximate surface area is 192 Å². The van der Waals surface area contributed by atoms with E-state index in [0.29, 0.717) is 18.7 Å². The van der Waals surface area contributed by atoms with E-state index in [1.807, 2.05) is 35.6 Å². The highest BCUT2D eigenvalue weighted by atomic mass is 16.2. The number of nitrogens with one attached hydrogen (secondary N) is 1. The summed E-state index contributed by atoms with van der Waals surface area (Å²) in [5.41, 5.74) is 9.19. The van der Waals surface area contributed by atoms with Crippen LogP contribution in [0.1, 0.15) is 43.5 Å². The van der Waals surface area contributed by atoms with E-state index in [-0.39, 0.29) is 17.3 Å². The molecule has 1 unspecified atom stereocenters. The van der Waals surface area contributed by atoms with Gasteiger partial charge in [-0.2, -0.15) is 10.4 Å². The second kappa shape index (κ2) is 7.59. The predicted molar refractivity (Wildman–Crippen MR) is 123 cm³/mol. The predicted octanol–water partition coefficient (Wildman–Crippen LogP) is 2.79. The number of nitrogen functional groups attached to an aromatic ring is 1. The van der Waals surface area contributed by atoms with Crippen molar-refractivity contribution in [2.45, 2.75) is 44.2 Å². The van der Waals surface area contributed by atoms with Crippen LogP contribution < -0.4 is 11.1 Å². The molecule has 33 heavy (non-hydrogen) atoms. The Balaban J connectivity index is 1.35. The lowest BCUT2D eigenvalue weighted by Crippen LogP contribution is -2.48. The monoisotopic (exact) mass is 442 g/mol. The maximum Gasteiger partial charge on any atom is 0.318 e. The smallest absolute Gasteiger partial charge is 0.318 e. The number of amides is 2. The van der Waals surface area contributed by atoms with Gasteiger partial charge in [-0.1, -0.05) is 0 Å². The molecular formula is C24H26N8O. The van der Waals surface area contributed by atoms with Gasteiger partial charge in [0.25, 0.3) is 0 Å². The van der Waals surface area contributed by atoms with Crippen molar-refractivity contribution in [1.29, 1.82) is 5.26 Å². The zero-order valence-electron chi connectivity index (χ0n) is 18.7. The average Bonchev–Trinajstić information content (AvgIpc) is 3.51. The number of carbonyl (C=O) groups is 1. The number of carbonyl (C=O) groups excluding carboxylic acids is 1. The first-order valence-corrected chi connectivity index (χ1v) is 11.0. The lowest BCUT2D eigenvalue weighted by molar-refractivity contribution is 0.194. The summed E-state index contributed by atoms with van der Waals surface area (Å²) in [7, 11) is 0. The van der Waals surface area contributed by atoms with Crippen molar-refractivity contribution in [3.05, 3.63) is 59.7 Å². The molecule has 1 saturated heterocycles. The van der Waals surface area contributed by atoms with Gasteiger partial charge in [0.05, 0.1) is 16.8 Å². The van der Waals surface area contributed by atoms with Gasteiger partial charge in [-0.05, 0) is 56.5 Å². The second-order valence-electron chi connectivity index (χ2n) is 9.40. The van der Waals surface area contributed by atoms with Gasteiger partial charge in [0.1, 0.15) is 11.9 Å². The number of pyridine rings is 2. The molecule has 168 valence electrons. The number of anilines is 1. The molecule has 1 fully saturated rings. The molecule has 0 saturated carbocycles. The largest absolute Gasteiger partial charge is 0.383 e. The number of nitrogens with two attached hydrogens (primary N) is 1. The molecule has 1 spiro atoms. The molecule has 0 aliphatic carbocycles. The Bertz CT molecular complexity index is 1260. The first kappa shape index (κ1) is 20.9. The SMILES string of the molecule is CC(C)(NC(=O)N1CCC2(CCn3nc(-c4cnc(N)c(C#N)c4)cc32)C1)c1ccncc1. The van der Waals surface area contributed by atoms with Gasteiger partial charge in [0.15, 0.2) is 0 Å². The minimum Gasteiger partial charge on any atom is -0.383 e.